The molecule has 0 unspecified atom stereocenters. The van der Waals surface area contributed by atoms with Crippen molar-refractivity contribution in [2.45, 2.75) is 23.2 Å². The van der Waals surface area contributed by atoms with Crippen molar-refractivity contribution >= 4 is 27.1 Å². The molecule has 1 aliphatic heterocycles. The Bertz CT molecular complexity index is 875. The first-order chi connectivity index (χ1) is 12.5. The number of alkyl halides is 3. The number of rotatable bonds is 4. The van der Waals surface area contributed by atoms with Gasteiger partial charge in [-0.1, -0.05) is 0 Å². The van der Waals surface area contributed by atoms with Gasteiger partial charge in [-0.05, 0) is 25.0 Å². The monoisotopic (exact) mass is 407 g/mol. The maximum Gasteiger partial charge on any atom is 0.501 e. The van der Waals surface area contributed by atoms with Crippen LogP contribution in [-0.2, 0) is 14.6 Å². The van der Waals surface area contributed by atoms with Crippen molar-refractivity contribution in [2.75, 3.05) is 31.1 Å². The summed E-state index contributed by atoms with van der Waals surface area (Å²) in [6.45, 7) is 1.22. The van der Waals surface area contributed by atoms with Crippen molar-refractivity contribution in [3.05, 3.63) is 28.3 Å². The Balaban J connectivity index is 1.84. The Hall–Kier alpha value is -2.37. The van der Waals surface area contributed by atoms with E-state index in [1.54, 1.807) is 9.80 Å². The molecule has 0 aromatic heterocycles. The number of carbonyl (C=O) groups is 1. The molecule has 1 amide bonds. The van der Waals surface area contributed by atoms with E-state index in [1.807, 2.05) is 0 Å². The lowest BCUT2D eigenvalue weighted by molar-refractivity contribution is -0.384. The number of sulfone groups is 1. The second kappa shape index (κ2) is 6.66. The van der Waals surface area contributed by atoms with E-state index in [-0.39, 0.29) is 30.6 Å². The number of amides is 1. The van der Waals surface area contributed by atoms with Gasteiger partial charge < -0.3 is 9.80 Å². The van der Waals surface area contributed by atoms with Crippen LogP contribution in [0, 0.1) is 16.0 Å². The number of hydrogen-bond donors (Lipinski definition) is 0. The van der Waals surface area contributed by atoms with Gasteiger partial charge in [0.15, 0.2) is 0 Å². The molecule has 2 fully saturated rings. The summed E-state index contributed by atoms with van der Waals surface area (Å²) >= 11 is 0. The molecule has 0 radical (unpaired) electrons. The molecule has 3 rings (SSSR count). The van der Waals surface area contributed by atoms with Gasteiger partial charge in [0, 0.05) is 38.2 Å². The van der Waals surface area contributed by atoms with E-state index in [0.717, 1.165) is 18.9 Å². The normalized spacial score (nSPS) is 18.5. The van der Waals surface area contributed by atoms with E-state index in [2.05, 4.69) is 0 Å². The van der Waals surface area contributed by atoms with Crippen molar-refractivity contribution in [1.29, 1.82) is 0 Å². The van der Waals surface area contributed by atoms with Crippen LogP contribution in [-0.4, -0.2) is 55.8 Å². The van der Waals surface area contributed by atoms with E-state index in [1.165, 1.54) is 0 Å². The van der Waals surface area contributed by atoms with E-state index >= 15 is 0 Å². The zero-order valence-electron chi connectivity index (χ0n) is 14.0. The predicted molar refractivity (Wildman–Crippen MR) is 87.9 cm³/mol. The zero-order valence-corrected chi connectivity index (χ0v) is 14.8. The summed E-state index contributed by atoms with van der Waals surface area (Å²) in [5.74, 6) is 0.105. The summed E-state index contributed by atoms with van der Waals surface area (Å²) in [6.07, 6.45) is 1.72. The average molecular weight is 407 g/mol. The van der Waals surface area contributed by atoms with Gasteiger partial charge in [0.2, 0.25) is 5.91 Å². The second-order valence-corrected chi connectivity index (χ2v) is 8.38. The Morgan fingerprint density at radius 1 is 1.15 bits per heavy atom. The molecular formula is C15H16F3N3O5S. The number of nitro benzene ring substituents is 1. The Kier molecular flexibility index (Phi) is 4.78. The quantitative estimate of drug-likeness (QED) is 0.559. The molecule has 27 heavy (non-hydrogen) atoms. The fraction of sp³-hybridized carbons (Fsp3) is 0.533. The van der Waals surface area contributed by atoms with Crippen LogP contribution in [0.2, 0.25) is 0 Å². The van der Waals surface area contributed by atoms with Crippen LogP contribution in [0.15, 0.2) is 23.1 Å². The smallest absolute Gasteiger partial charge is 0.362 e. The highest BCUT2D eigenvalue weighted by molar-refractivity contribution is 7.92. The van der Waals surface area contributed by atoms with Gasteiger partial charge in [0.25, 0.3) is 15.5 Å². The van der Waals surface area contributed by atoms with E-state index in [0.29, 0.717) is 25.2 Å². The van der Waals surface area contributed by atoms with Crippen LogP contribution < -0.4 is 4.90 Å². The first kappa shape index (κ1) is 19.4. The molecule has 0 atom stereocenters. The van der Waals surface area contributed by atoms with Crippen molar-refractivity contribution in [3.8, 4) is 0 Å². The van der Waals surface area contributed by atoms with Gasteiger partial charge >= 0.3 is 5.51 Å². The van der Waals surface area contributed by atoms with Crippen molar-refractivity contribution in [1.82, 2.24) is 4.90 Å². The minimum absolute atomic E-state index is 0.0274. The highest BCUT2D eigenvalue weighted by Crippen LogP contribution is 2.37. The molecule has 1 saturated heterocycles. The lowest BCUT2D eigenvalue weighted by Gasteiger charge is -2.36. The molecule has 1 aromatic rings. The summed E-state index contributed by atoms with van der Waals surface area (Å²) in [4.78, 5) is 24.5. The van der Waals surface area contributed by atoms with Crippen molar-refractivity contribution < 1.29 is 31.3 Å². The van der Waals surface area contributed by atoms with E-state index in [9.17, 15) is 36.5 Å². The topological polar surface area (TPSA) is 101 Å². The first-order valence-electron chi connectivity index (χ1n) is 8.16. The van der Waals surface area contributed by atoms with Crippen LogP contribution in [0.5, 0.6) is 0 Å². The Labute approximate surface area is 152 Å². The Morgan fingerprint density at radius 3 is 2.22 bits per heavy atom. The van der Waals surface area contributed by atoms with Gasteiger partial charge in [0.1, 0.15) is 5.69 Å². The third kappa shape index (κ3) is 3.70. The molecule has 1 aliphatic carbocycles. The fourth-order valence-corrected chi connectivity index (χ4v) is 3.76. The summed E-state index contributed by atoms with van der Waals surface area (Å²) in [7, 11) is -5.68. The third-order valence-electron chi connectivity index (χ3n) is 4.62. The number of nitro groups is 1. The average Bonchev–Trinajstić information content (AvgIpc) is 3.45. The molecule has 0 spiro atoms. The lowest BCUT2D eigenvalue weighted by Crippen LogP contribution is -2.49. The first-order valence-corrected chi connectivity index (χ1v) is 9.64. The predicted octanol–water partition coefficient (Wildman–Crippen LogP) is 1.95. The van der Waals surface area contributed by atoms with Crippen LogP contribution in [0.25, 0.3) is 0 Å². The third-order valence-corrected chi connectivity index (χ3v) is 6.10. The Morgan fingerprint density at radius 2 is 1.74 bits per heavy atom. The van der Waals surface area contributed by atoms with Gasteiger partial charge in [-0.3, -0.25) is 14.9 Å². The van der Waals surface area contributed by atoms with Crippen LogP contribution in [0.3, 0.4) is 0 Å². The van der Waals surface area contributed by atoms with Gasteiger partial charge in [0.05, 0.1) is 9.82 Å². The van der Waals surface area contributed by atoms with Crippen molar-refractivity contribution in [2.24, 2.45) is 5.92 Å². The highest BCUT2D eigenvalue weighted by atomic mass is 32.2. The van der Waals surface area contributed by atoms with Crippen molar-refractivity contribution in [3.63, 3.8) is 0 Å². The summed E-state index contributed by atoms with van der Waals surface area (Å²) in [5, 5.41) is 11.3. The molecule has 148 valence electrons. The van der Waals surface area contributed by atoms with Gasteiger partial charge in [-0.2, -0.15) is 13.2 Å². The molecular weight excluding hydrogens is 391 g/mol. The molecule has 12 heteroatoms. The number of piperazine rings is 1. The number of nitrogens with zero attached hydrogens (tertiary/aromatic N) is 3. The number of carbonyl (C=O) groups excluding carboxylic acids is 1. The number of anilines is 1. The molecule has 0 bridgehead atoms. The standard InChI is InChI=1S/C15H16F3N3O5S/c16-15(17,18)27(25,26)11-3-4-12(13(9-11)21(23)24)19-5-7-20(8-6-19)14(22)10-1-2-10/h3-4,9-10H,1-2,5-8H2. The SMILES string of the molecule is O=C(C1CC1)N1CCN(c2ccc(S(=O)(=O)C(F)(F)F)cc2[N+](=O)[O-])CC1. The second-order valence-electron chi connectivity index (χ2n) is 6.44. The summed E-state index contributed by atoms with van der Waals surface area (Å²) < 4.78 is 61.1. The van der Waals surface area contributed by atoms with Crippen LogP contribution in [0.4, 0.5) is 24.5 Å². The van der Waals surface area contributed by atoms with Gasteiger partial charge in [-0.25, -0.2) is 8.42 Å². The minimum Gasteiger partial charge on any atom is -0.362 e. The molecule has 1 saturated carbocycles. The molecule has 8 nitrogen and oxygen atoms in total. The largest absolute Gasteiger partial charge is 0.501 e. The van der Waals surface area contributed by atoms with E-state index < -0.39 is 30.9 Å². The maximum absolute atomic E-state index is 12.7. The molecule has 1 aromatic carbocycles. The van der Waals surface area contributed by atoms with Crippen LogP contribution >= 0.6 is 0 Å². The zero-order chi connectivity index (χ0) is 20.0. The van der Waals surface area contributed by atoms with E-state index in [4.69, 9.17) is 0 Å². The van der Waals surface area contributed by atoms with Crippen LogP contribution in [0.1, 0.15) is 12.8 Å². The lowest BCUT2D eigenvalue weighted by atomic mass is 10.2. The minimum atomic E-state index is -5.68. The molecule has 2 aliphatic rings. The summed E-state index contributed by atoms with van der Waals surface area (Å²) in [6, 6.07) is 2.15. The molecule has 1 heterocycles. The summed E-state index contributed by atoms with van der Waals surface area (Å²) in [5.41, 5.74) is -6.24. The number of benzene rings is 1. The molecule has 0 N–H and O–H groups in total. The number of halogens is 3. The number of hydrogen-bond acceptors (Lipinski definition) is 6. The fourth-order valence-electron chi connectivity index (χ4n) is 2.97. The highest BCUT2D eigenvalue weighted by Gasteiger charge is 2.47. The van der Waals surface area contributed by atoms with Gasteiger partial charge in [-0.15, -0.1) is 0 Å². The maximum atomic E-state index is 12.7.